The predicted octanol–water partition coefficient (Wildman–Crippen LogP) is 5.51. The zero-order valence-corrected chi connectivity index (χ0v) is 11.0. The van der Waals surface area contributed by atoms with E-state index in [9.17, 15) is 26.3 Å². The van der Waals surface area contributed by atoms with Gasteiger partial charge in [-0.1, -0.05) is 0 Å². The Morgan fingerprint density at radius 2 is 1.40 bits per heavy atom. The first-order valence-corrected chi connectivity index (χ1v) is 6.34. The average Bonchev–Trinajstić information content (AvgIpc) is 2.73. The van der Waals surface area contributed by atoms with Crippen molar-refractivity contribution in [2.75, 3.05) is 0 Å². The van der Waals surface area contributed by atoms with Gasteiger partial charge in [-0.05, 0) is 36.0 Å². The number of aromatic amines is 1. The summed E-state index contributed by atoms with van der Waals surface area (Å²) in [4.78, 5) is 2.55. The van der Waals surface area contributed by atoms with Crippen molar-refractivity contribution >= 4 is 23.6 Å². The van der Waals surface area contributed by atoms with Gasteiger partial charge in [0.15, 0.2) is 3.95 Å². The van der Waals surface area contributed by atoms with E-state index in [0.717, 1.165) is 11.3 Å². The number of H-pyrrole nitrogens is 1. The Kier molecular flexibility index (Phi) is 3.67. The molecule has 2 aromatic rings. The van der Waals surface area contributed by atoms with Crippen molar-refractivity contribution in [3.05, 3.63) is 38.7 Å². The number of alkyl halides is 6. The number of hydrogen-bond acceptors (Lipinski definition) is 2. The minimum Gasteiger partial charge on any atom is -0.337 e. The molecule has 0 spiro atoms. The molecule has 1 heterocycles. The maximum atomic E-state index is 12.7. The molecule has 9 heteroatoms. The minimum atomic E-state index is -4.86. The fourth-order valence-corrected chi connectivity index (χ4v) is 2.38. The normalized spacial score (nSPS) is 12.7. The third-order valence-corrected chi connectivity index (χ3v) is 3.48. The zero-order chi connectivity index (χ0) is 15.1. The van der Waals surface area contributed by atoms with Gasteiger partial charge in [0.05, 0.1) is 16.8 Å². The monoisotopic (exact) mass is 329 g/mol. The molecule has 20 heavy (non-hydrogen) atoms. The van der Waals surface area contributed by atoms with Crippen LogP contribution in [0.1, 0.15) is 11.1 Å². The lowest BCUT2D eigenvalue weighted by Crippen LogP contribution is -2.11. The lowest BCUT2D eigenvalue weighted by molar-refractivity contribution is -0.143. The van der Waals surface area contributed by atoms with Crippen molar-refractivity contribution in [1.29, 1.82) is 0 Å². The van der Waals surface area contributed by atoms with Gasteiger partial charge >= 0.3 is 12.4 Å². The van der Waals surface area contributed by atoms with Crippen LogP contribution in [0.15, 0.2) is 23.6 Å². The van der Waals surface area contributed by atoms with Crippen molar-refractivity contribution in [1.82, 2.24) is 4.98 Å². The number of rotatable bonds is 1. The van der Waals surface area contributed by atoms with E-state index < -0.39 is 23.5 Å². The number of nitrogens with one attached hydrogen (secondary N) is 1. The molecule has 0 aliphatic rings. The Morgan fingerprint density at radius 1 is 0.900 bits per heavy atom. The highest BCUT2D eigenvalue weighted by Crippen LogP contribution is 2.38. The highest BCUT2D eigenvalue weighted by molar-refractivity contribution is 7.73. The van der Waals surface area contributed by atoms with Crippen LogP contribution in [0, 0.1) is 3.95 Å². The fraction of sp³-hybridized carbons (Fsp3) is 0.182. The second-order valence-corrected chi connectivity index (χ2v) is 5.40. The second kappa shape index (κ2) is 4.88. The van der Waals surface area contributed by atoms with E-state index in [0.29, 0.717) is 12.1 Å². The van der Waals surface area contributed by atoms with E-state index in [1.807, 2.05) is 0 Å². The number of halogens is 6. The Morgan fingerprint density at radius 3 is 1.75 bits per heavy atom. The van der Waals surface area contributed by atoms with Gasteiger partial charge in [0.2, 0.25) is 0 Å². The van der Waals surface area contributed by atoms with Gasteiger partial charge in [0.25, 0.3) is 0 Å². The number of thiazole rings is 1. The van der Waals surface area contributed by atoms with Crippen LogP contribution in [0.5, 0.6) is 0 Å². The molecule has 0 saturated heterocycles. The van der Waals surface area contributed by atoms with Crippen LogP contribution >= 0.6 is 23.6 Å². The molecule has 1 aromatic carbocycles. The van der Waals surface area contributed by atoms with E-state index in [1.54, 1.807) is 0 Å². The lowest BCUT2D eigenvalue weighted by atomic mass is 10.0. The summed E-state index contributed by atoms with van der Waals surface area (Å²) in [5.41, 5.74) is -2.79. The molecule has 0 bridgehead atoms. The summed E-state index contributed by atoms with van der Waals surface area (Å²) in [6.45, 7) is 0. The molecule has 0 aliphatic heterocycles. The summed E-state index contributed by atoms with van der Waals surface area (Å²) in [5, 5.41) is 1.37. The van der Waals surface area contributed by atoms with E-state index >= 15 is 0 Å². The van der Waals surface area contributed by atoms with Crippen molar-refractivity contribution in [3.8, 4) is 11.3 Å². The van der Waals surface area contributed by atoms with Crippen LogP contribution in [-0.4, -0.2) is 4.98 Å². The Labute approximate surface area is 117 Å². The first-order valence-electron chi connectivity index (χ1n) is 5.05. The van der Waals surface area contributed by atoms with Crippen LogP contribution < -0.4 is 0 Å². The third-order valence-electron chi connectivity index (χ3n) is 2.42. The summed E-state index contributed by atoms with van der Waals surface area (Å²) < 4.78 is 76.2. The van der Waals surface area contributed by atoms with Crippen molar-refractivity contribution in [3.63, 3.8) is 0 Å². The maximum absolute atomic E-state index is 12.7. The van der Waals surface area contributed by atoms with E-state index in [-0.39, 0.29) is 21.3 Å². The molecule has 1 N–H and O–H groups in total. The first kappa shape index (κ1) is 15.0. The van der Waals surface area contributed by atoms with Crippen LogP contribution in [0.2, 0.25) is 0 Å². The van der Waals surface area contributed by atoms with Gasteiger partial charge in [-0.15, -0.1) is 11.3 Å². The molecule has 0 amide bonds. The molecule has 0 unspecified atom stereocenters. The van der Waals surface area contributed by atoms with Crippen molar-refractivity contribution in [2.45, 2.75) is 12.4 Å². The Bertz CT molecular complexity index is 647. The molecule has 1 aromatic heterocycles. The summed E-state index contributed by atoms with van der Waals surface area (Å²) in [6, 6.07) is 1.40. The standard InChI is InChI=1S/C11H5F6NS2/c12-10(13,14)6-1-5(8-4-20-9(19)18-8)2-7(3-6)11(15,16)17/h1-4H,(H,18,19). The quantitative estimate of drug-likeness (QED) is 0.539. The zero-order valence-electron chi connectivity index (χ0n) is 9.39. The molecule has 1 nitrogen and oxygen atoms in total. The van der Waals surface area contributed by atoms with E-state index in [4.69, 9.17) is 12.2 Å². The fourth-order valence-electron chi connectivity index (χ4n) is 1.53. The van der Waals surface area contributed by atoms with Gasteiger partial charge in [0.1, 0.15) is 0 Å². The predicted molar refractivity (Wildman–Crippen MR) is 64.9 cm³/mol. The smallest absolute Gasteiger partial charge is 0.337 e. The van der Waals surface area contributed by atoms with Gasteiger partial charge in [-0.2, -0.15) is 26.3 Å². The average molecular weight is 329 g/mol. The lowest BCUT2D eigenvalue weighted by Gasteiger charge is -2.13. The molecule has 108 valence electrons. The molecule has 0 aliphatic carbocycles. The summed E-state index contributed by atoms with van der Waals surface area (Å²) in [7, 11) is 0. The first-order chi connectivity index (χ1) is 9.07. The van der Waals surface area contributed by atoms with Crippen LogP contribution in [0.25, 0.3) is 11.3 Å². The minimum absolute atomic E-state index is 0.0878. The topological polar surface area (TPSA) is 15.8 Å². The highest BCUT2D eigenvalue weighted by Gasteiger charge is 2.37. The van der Waals surface area contributed by atoms with Gasteiger partial charge < -0.3 is 4.98 Å². The van der Waals surface area contributed by atoms with Crippen molar-refractivity contribution in [2.24, 2.45) is 0 Å². The number of hydrogen-bond donors (Lipinski definition) is 1. The molecule has 0 atom stereocenters. The molecular formula is C11H5F6NS2. The molecule has 0 fully saturated rings. The van der Waals surface area contributed by atoms with Crippen LogP contribution in [-0.2, 0) is 12.4 Å². The largest absolute Gasteiger partial charge is 0.416 e. The molecule has 0 radical (unpaired) electrons. The summed E-state index contributed by atoms with van der Waals surface area (Å²) in [5.74, 6) is 0. The highest BCUT2D eigenvalue weighted by atomic mass is 32.1. The van der Waals surface area contributed by atoms with E-state index in [2.05, 4.69) is 4.98 Å². The SMILES string of the molecule is FC(F)(F)c1cc(-c2csc(=S)[nH]2)cc(C(F)(F)F)c1. The molecular weight excluding hydrogens is 324 g/mol. The molecule has 0 saturated carbocycles. The van der Waals surface area contributed by atoms with Crippen LogP contribution in [0.4, 0.5) is 26.3 Å². The summed E-state index contributed by atoms with van der Waals surface area (Å²) >= 11 is 5.79. The van der Waals surface area contributed by atoms with Gasteiger partial charge in [-0.3, -0.25) is 0 Å². The third kappa shape index (κ3) is 3.21. The Hall–Kier alpha value is -1.35. The van der Waals surface area contributed by atoms with E-state index in [1.165, 1.54) is 5.38 Å². The second-order valence-electron chi connectivity index (χ2n) is 3.86. The maximum Gasteiger partial charge on any atom is 0.416 e. The number of aromatic nitrogens is 1. The summed E-state index contributed by atoms with van der Waals surface area (Å²) in [6.07, 6.45) is -9.72. The Balaban J connectivity index is 2.66. The van der Waals surface area contributed by atoms with Gasteiger partial charge in [0, 0.05) is 5.38 Å². The molecule has 2 rings (SSSR count). The van der Waals surface area contributed by atoms with Crippen LogP contribution in [0.3, 0.4) is 0 Å². The van der Waals surface area contributed by atoms with Crippen molar-refractivity contribution < 1.29 is 26.3 Å². The van der Waals surface area contributed by atoms with Gasteiger partial charge in [-0.25, -0.2) is 0 Å². The number of benzene rings is 1.